The SMILES string of the molecule is C#Cc1cccc(-c2cc(=O)n(C)c3ccc(C(N)c4ccc(Cl)cc4)nc23)c1.Cn1ccnc1. The summed E-state index contributed by atoms with van der Waals surface area (Å²) in [6, 6.07) is 19.8. The van der Waals surface area contributed by atoms with Crippen molar-refractivity contribution in [1.82, 2.24) is 19.1 Å². The molecule has 174 valence electrons. The number of nitrogens with two attached hydrogens (primary N) is 1. The van der Waals surface area contributed by atoms with Crippen LogP contribution in [0.3, 0.4) is 0 Å². The molecule has 5 aromatic rings. The Hall–Kier alpha value is -4.18. The van der Waals surface area contributed by atoms with Crippen molar-refractivity contribution in [2.45, 2.75) is 6.04 Å². The molecule has 0 spiro atoms. The van der Waals surface area contributed by atoms with Crippen molar-refractivity contribution in [2.24, 2.45) is 19.8 Å². The Bertz CT molecular complexity index is 1560. The number of rotatable bonds is 3. The van der Waals surface area contributed by atoms with Gasteiger partial charge in [0.05, 0.1) is 29.1 Å². The highest BCUT2D eigenvalue weighted by atomic mass is 35.5. The molecule has 0 saturated carbocycles. The number of fused-ring (bicyclic) bond motifs is 1. The summed E-state index contributed by atoms with van der Waals surface area (Å²) in [6.45, 7) is 0. The molecule has 0 saturated heterocycles. The molecule has 2 N–H and O–H groups in total. The van der Waals surface area contributed by atoms with Gasteiger partial charge in [-0.3, -0.25) is 4.79 Å². The van der Waals surface area contributed by atoms with E-state index in [1.54, 1.807) is 42.3 Å². The Labute approximate surface area is 208 Å². The van der Waals surface area contributed by atoms with Crippen LogP contribution >= 0.6 is 11.6 Å². The maximum absolute atomic E-state index is 12.5. The number of aromatic nitrogens is 4. The molecule has 0 aliphatic carbocycles. The number of hydrogen-bond donors (Lipinski definition) is 1. The van der Waals surface area contributed by atoms with E-state index in [0.29, 0.717) is 16.2 Å². The topological polar surface area (TPSA) is 78.7 Å². The quantitative estimate of drug-likeness (QED) is 0.379. The van der Waals surface area contributed by atoms with Gasteiger partial charge in [0.1, 0.15) is 0 Å². The number of benzene rings is 2. The summed E-state index contributed by atoms with van der Waals surface area (Å²) in [4.78, 5) is 21.1. The first-order chi connectivity index (χ1) is 16.9. The van der Waals surface area contributed by atoms with E-state index in [1.165, 1.54) is 0 Å². The third-order valence-electron chi connectivity index (χ3n) is 5.64. The van der Waals surface area contributed by atoms with Crippen LogP contribution in [0.5, 0.6) is 0 Å². The molecule has 0 radical (unpaired) electrons. The highest BCUT2D eigenvalue weighted by Crippen LogP contribution is 2.28. The van der Waals surface area contributed by atoms with E-state index in [1.807, 2.05) is 66.3 Å². The molecule has 2 aromatic carbocycles. The average Bonchev–Trinajstić information content (AvgIpc) is 3.37. The van der Waals surface area contributed by atoms with E-state index in [0.717, 1.165) is 27.8 Å². The minimum atomic E-state index is -0.418. The van der Waals surface area contributed by atoms with Gasteiger partial charge in [0.2, 0.25) is 0 Å². The van der Waals surface area contributed by atoms with Gasteiger partial charge in [-0.15, -0.1) is 6.42 Å². The first-order valence-corrected chi connectivity index (χ1v) is 11.3. The van der Waals surface area contributed by atoms with Crippen LogP contribution in [0.4, 0.5) is 0 Å². The molecule has 0 aliphatic heterocycles. The third kappa shape index (κ3) is 5.33. The zero-order valence-electron chi connectivity index (χ0n) is 19.4. The summed E-state index contributed by atoms with van der Waals surface area (Å²) in [5.41, 5.74) is 11.7. The smallest absolute Gasteiger partial charge is 0.251 e. The van der Waals surface area contributed by atoms with Crippen LogP contribution in [0.25, 0.3) is 22.2 Å². The van der Waals surface area contributed by atoms with Gasteiger partial charge in [-0.1, -0.05) is 41.8 Å². The lowest BCUT2D eigenvalue weighted by Gasteiger charge is -2.15. The fraction of sp³-hybridized carbons (Fsp3) is 0.107. The Morgan fingerprint density at radius 1 is 1.06 bits per heavy atom. The van der Waals surface area contributed by atoms with Crippen LogP contribution in [-0.4, -0.2) is 19.1 Å². The average molecular weight is 482 g/mol. The van der Waals surface area contributed by atoms with E-state index in [9.17, 15) is 4.79 Å². The standard InChI is InChI=1S/C24H18ClN3O.C4H6N2/c1-3-15-5-4-6-17(13-15)19-14-22(29)28(2)21-12-11-20(27-24(19)21)23(26)16-7-9-18(25)10-8-16;1-6-3-2-5-4-6/h1,4-14,23H,26H2,2H3;2-4H,1H3. The third-order valence-corrected chi connectivity index (χ3v) is 5.89. The first-order valence-electron chi connectivity index (χ1n) is 10.9. The number of imidazole rings is 1. The highest BCUT2D eigenvalue weighted by molar-refractivity contribution is 6.30. The minimum Gasteiger partial charge on any atom is -0.341 e. The molecule has 3 aromatic heterocycles. The molecule has 5 rings (SSSR count). The van der Waals surface area contributed by atoms with Crippen molar-refractivity contribution < 1.29 is 0 Å². The van der Waals surface area contributed by atoms with Crippen molar-refractivity contribution >= 4 is 22.6 Å². The highest BCUT2D eigenvalue weighted by Gasteiger charge is 2.15. The van der Waals surface area contributed by atoms with Crippen LogP contribution in [0.2, 0.25) is 5.02 Å². The number of halogens is 1. The second-order valence-electron chi connectivity index (χ2n) is 8.04. The lowest BCUT2D eigenvalue weighted by Crippen LogP contribution is -2.18. The molecule has 3 heterocycles. The van der Waals surface area contributed by atoms with Gasteiger partial charge < -0.3 is 14.9 Å². The molecule has 0 aliphatic rings. The van der Waals surface area contributed by atoms with Gasteiger partial charge >= 0.3 is 0 Å². The second-order valence-corrected chi connectivity index (χ2v) is 8.48. The molecule has 0 fully saturated rings. The summed E-state index contributed by atoms with van der Waals surface area (Å²) in [6.07, 6.45) is 10.9. The van der Waals surface area contributed by atoms with Crippen molar-refractivity contribution in [3.8, 4) is 23.5 Å². The Kier molecular flexibility index (Phi) is 7.11. The van der Waals surface area contributed by atoms with Gasteiger partial charge in [-0.2, -0.15) is 0 Å². The summed E-state index contributed by atoms with van der Waals surface area (Å²) in [7, 11) is 3.67. The maximum atomic E-state index is 12.5. The van der Waals surface area contributed by atoms with Crippen LogP contribution in [0.15, 0.2) is 90.2 Å². The molecule has 6 nitrogen and oxygen atoms in total. The van der Waals surface area contributed by atoms with Gasteiger partial charge in [-0.05, 0) is 47.5 Å². The summed E-state index contributed by atoms with van der Waals surface area (Å²) < 4.78 is 3.47. The van der Waals surface area contributed by atoms with E-state index < -0.39 is 6.04 Å². The minimum absolute atomic E-state index is 0.116. The molecular weight excluding hydrogens is 458 g/mol. The first kappa shape index (κ1) is 24.0. The van der Waals surface area contributed by atoms with Crippen LogP contribution in [0, 0.1) is 12.3 Å². The lowest BCUT2D eigenvalue weighted by molar-refractivity contribution is 0.831. The lowest BCUT2D eigenvalue weighted by atomic mass is 10.0. The Morgan fingerprint density at radius 3 is 2.46 bits per heavy atom. The predicted octanol–water partition coefficient (Wildman–Crippen LogP) is 4.70. The van der Waals surface area contributed by atoms with Gasteiger partial charge in [0, 0.05) is 48.7 Å². The van der Waals surface area contributed by atoms with Crippen LogP contribution in [0.1, 0.15) is 22.9 Å². The van der Waals surface area contributed by atoms with Crippen molar-refractivity contribution in [3.05, 3.63) is 118 Å². The van der Waals surface area contributed by atoms with Gasteiger partial charge in [0.15, 0.2) is 0 Å². The molecule has 35 heavy (non-hydrogen) atoms. The predicted molar refractivity (Wildman–Crippen MR) is 141 cm³/mol. The van der Waals surface area contributed by atoms with Crippen molar-refractivity contribution in [3.63, 3.8) is 0 Å². The number of aryl methyl sites for hydroxylation is 2. The van der Waals surface area contributed by atoms with E-state index in [2.05, 4.69) is 10.9 Å². The van der Waals surface area contributed by atoms with Crippen molar-refractivity contribution in [2.75, 3.05) is 0 Å². The monoisotopic (exact) mass is 481 g/mol. The second kappa shape index (κ2) is 10.4. The zero-order valence-corrected chi connectivity index (χ0v) is 20.1. The summed E-state index contributed by atoms with van der Waals surface area (Å²) in [5.74, 6) is 2.63. The number of terminal acetylenes is 1. The number of nitrogens with zero attached hydrogens (tertiary/aromatic N) is 4. The van der Waals surface area contributed by atoms with E-state index in [4.69, 9.17) is 28.7 Å². The van der Waals surface area contributed by atoms with Gasteiger partial charge in [-0.25, -0.2) is 9.97 Å². The normalized spacial score (nSPS) is 11.4. The Balaban J connectivity index is 0.000000421. The van der Waals surface area contributed by atoms with Crippen molar-refractivity contribution in [1.29, 1.82) is 0 Å². The summed E-state index contributed by atoms with van der Waals surface area (Å²) in [5, 5.41) is 0.651. The zero-order chi connectivity index (χ0) is 24.9. The largest absolute Gasteiger partial charge is 0.341 e. The number of hydrogen-bond acceptors (Lipinski definition) is 4. The molecular formula is C28H24ClN5O. The van der Waals surface area contributed by atoms with E-state index in [-0.39, 0.29) is 5.56 Å². The Morgan fingerprint density at radius 2 is 1.83 bits per heavy atom. The molecule has 1 unspecified atom stereocenters. The fourth-order valence-electron chi connectivity index (χ4n) is 3.68. The van der Waals surface area contributed by atoms with Gasteiger partial charge in [0.25, 0.3) is 5.56 Å². The van der Waals surface area contributed by atoms with E-state index >= 15 is 0 Å². The molecule has 1 atom stereocenters. The van der Waals surface area contributed by atoms with Crippen LogP contribution in [-0.2, 0) is 14.1 Å². The fourth-order valence-corrected chi connectivity index (χ4v) is 3.81. The number of pyridine rings is 2. The molecule has 7 heteroatoms. The molecule has 0 amide bonds. The molecule has 0 bridgehead atoms. The van der Waals surface area contributed by atoms with Crippen LogP contribution < -0.4 is 11.3 Å². The summed E-state index contributed by atoms with van der Waals surface area (Å²) >= 11 is 5.98. The maximum Gasteiger partial charge on any atom is 0.251 e.